The van der Waals surface area contributed by atoms with E-state index >= 15 is 0 Å². The van der Waals surface area contributed by atoms with Gasteiger partial charge in [0, 0.05) is 16.5 Å². The van der Waals surface area contributed by atoms with Crippen molar-refractivity contribution < 1.29 is 9.59 Å². The summed E-state index contributed by atoms with van der Waals surface area (Å²) >= 11 is 7.44. The summed E-state index contributed by atoms with van der Waals surface area (Å²) in [6.45, 7) is 1.84. The summed E-state index contributed by atoms with van der Waals surface area (Å²) in [6.07, 6.45) is 0. The number of halogens is 1. The van der Waals surface area contributed by atoms with Crippen LogP contribution in [0.2, 0.25) is 5.02 Å². The van der Waals surface area contributed by atoms with Gasteiger partial charge in [0.05, 0.1) is 5.75 Å². The smallest absolute Gasteiger partial charge is 0.247 e. The molecule has 0 spiro atoms. The molecule has 1 aromatic carbocycles. The van der Waals surface area contributed by atoms with Crippen LogP contribution >= 0.6 is 23.4 Å². The fourth-order valence-corrected chi connectivity index (χ4v) is 2.68. The van der Waals surface area contributed by atoms with E-state index in [4.69, 9.17) is 11.6 Å². The number of thioether (sulfide) groups is 1. The molecule has 4 nitrogen and oxygen atoms in total. The van der Waals surface area contributed by atoms with E-state index in [-0.39, 0.29) is 11.8 Å². The van der Waals surface area contributed by atoms with Crippen LogP contribution in [0, 0.1) is 6.92 Å². The predicted octanol–water partition coefficient (Wildman–Crippen LogP) is 1.82. The van der Waals surface area contributed by atoms with E-state index in [1.807, 2.05) is 6.92 Å². The van der Waals surface area contributed by atoms with Crippen molar-refractivity contribution in [3.63, 3.8) is 0 Å². The third-order valence-electron chi connectivity index (χ3n) is 2.69. The Balaban J connectivity index is 2.07. The second kappa shape index (κ2) is 5.63. The Hall–Kier alpha value is -1.20. The molecule has 0 radical (unpaired) electrons. The lowest BCUT2D eigenvalue weighted by Gasteiger charge is -2.22. The summed E-state index contributed by atoms with van der Waals surface area (Å²) in [5, 5.41) is 6.06. The largest absolute Gasteiger partial charge is 0.343 e. The molecule has 1 atom stereocenters. The number of hydrogen-bond donors (Lipinski definition) is 2. The van der Waals surface area contributed by atoms with Crippen molar-refractivity contribution in [2.24, 2.45) is 0 Å². The molecule has 18 heavy (non-hydrogen) atoms. The maximum absolute atomic E-state index is 12.0. The molecule has 1 aliphatic rings. The lowest BCUT2D eigenvalue weighted by molar-refractivity contribution is -0.124. The summed E-state index contributed by atoms with van der Waals surface area (Å²) in [6, 6.07) is 4.86. The van der Waals surface area contributed by atoms with Crippen molar-refractivity contribution in [3.05, 3.63) is 28.8 Å². The van der Waals surface area contributed by atoms with E-state index in [0.29, 0.717) is 22.2 Å². The standard InChI is InChI=1S/C12H13ClN2O2S/c1-7-8(13)3-2-4-9(7)15-12(17)10-5-18-6-11(16)14-10/h2-4,10H,5-6H2,1H3,(H,14,16)(H,15,17). The minimum atomic E-state index is -0.477. The van der Waals surface area contributed by atoms with E-state index in [1.54, 1.807) is 18.2 Å². The van der Waals surface area contributed by atoms with Gasteiger partial charge in [0.15, 0.2) is 0 Å². The van der Waals surface area contributed by atoms with Gasteiger partial charge >= 0.3 is 0 Å². The molecular weight excluding hydrogens is 272 g/mol. The lowest BCUT2D eigenvalue weighted by atomic mass is 10.2. The fraction of sp³-hybridized carbons (Fsp3) is 0.333. The van der Waals surface area contributed by atoms with Gasteiger partial charge in [0.1, 0.15) is 6.04 Å². The zero-order chi connectivity index (χ0) is 13.1. The highest BCUT2D eigenvalue weighted by Gasteiger charge is 2.25. The highest BCUT2D eigenvalue weighted by atomic mass is 35.5. The number of benzene rings is 1. The first-order valence-electron chi connectivity index (χ1n) is 5.51. The lowest BCUT2D eigenvalue weighted by Crippen LogP contribution is -2.49. The molecule has 0 bridgehead atoms. The minimum absolute atomic E-state index is 0.103. The molecule has 1 aromatic rings. The van der Waals surface area contributed by atoms with Crippen LogP contribution in [0.15, 0.2) is 18.2 Å². The molecule has 96 valence electrons. The van der Waals surface area contributed by atoms with Crippen molar-refractivity contribution in [2.75, 3.05) is 16.8 Å². The molecule has 6 heteroatoms. The molecule has 2 N–H and O–H groups in total. The number of carbonyl (C=O) groups excluding carboxylic acids is 2. The molecule has 1 saturated heterocycles. The quantitative estimate of drug-likeness (QED) is 0.871. The zero-order valence-electron chi connectivity index (χ0n) is 9.83. The van der Waals surface area contributed by atoms with E-state index < -0.39 is 6.04 Å². The fourth-order valence-electron chi connectivity index (χ4n) is 1.65. The van der Waals surface area contributed by atoms with Gasteiger partial charge in [-0.15, -0.1) is 11.8 Å². The highest BCUT2D eigenvalue weighted by molar-refractivity contribution is 8.00. The van der Waals surface area contributed by atoms with Gasteiger partial charge in [-0.05, 0) is 24.6 Å². The van der Waals surface area contributed by atoms with Gasteiger partial charge in [0.25, 0.3) is 0 Å². The number of anilines is 1. The van der Waals surface area contributed by atoms with E-state index in [0.717, 1.165) is 5.56 Å². The number of hydrogen-bond acceptors (Lipinski definition) is 3. The zero-order valence-corrected chi connectivity index (χ0v) is 11.4. The highest BCUT2D eigenvalue weighted by Crippen LogP contribution is 2.23. The van der Waals surface area contributed by atoms with E-state index in [1.165, 1.54) is 11.8 Å². The normalized spacial score (nSPS) is 19.2. The number of amides is 2. The maximum atomic E-state index is 12.0. The molecule has 0 saturated carbocycles. The average molecular weight is 285 g/mol. The number of carbonyl (C=O) groups is 2. The first-order valence-corrected chi connectivity index (χ1v) is 7.04. The second-order valence-corrected chi connectivity index (χ2v) is 5.47. The van der Waals surface area contributed by atoms with Crippen molar-refractivity contribution in [3.8, 4) is 0 Å². The second-order valence-electron chi connectivity index (χ2n) is 4.04. The molecule has 2 rings (SSSR count). The summed E-state index contributed by atoms with van der Waals surface area (Å²) in [7, 11) is 0. The van der Waals surface area contributed by atoms with Gasteiger partial charge in [-0.2, -0.15) is 0 Å². The van der Waals surface area contributed by atoms with Gasteiger partial charge < -0.3 is 10.6 Å². The third-order valence-corrected chi connectivity index (χ3v) is 4.14. The van der Waals surface area contributed by atoms with Crippen LogP contribution in [0.5, 0.6) is 0 Å². The van der Waals surface area contributed by atoms with Crippen molar-refractivity contribution in [2.45, 2.75) is 13.0 Å². The molecule has 1 unspecified atom stereocenters. The van der Waals surface area contributed by atoms with Crippen molar-refractivity contribution in [1.82, 2.24) is 5.32 Å². The van der Waals surface area contributed by atoms with Gasteiger partial charge in [0.2, 0.25) is 11.8 Å². The van der Waals surface area contributed by atoms with Crippen LogP contribution in [-0.2, 0) is 9.59 Å². The Labute approximate surface area is 114 Å². The van der Waals surface area contributed by atoms with Gasteiger partial charge in [-0.1, -0.05) is 17.7 Å². The molecular formula is C12H13ClN2O2S. The van der Waals surface area contributed by atoms with Crippen molar-refractivity contribution in [1.29, 1.82) is 0 Å². The van der Waals surface area contributed by atoms with E-state index in [2.05, 4.69) is 10.6 Å². The molecule has 2 amide bonds. The summed E-state index contributed by atoms with van der Waals surface area (Å²) in [5.74, 6) is 0.701. The average Bonchev–Trinajstić information content (AvgIpc) is 2.35. The van der Waals surface area contributed by atoms with Crippen molar-refractivity contribution >= 4 is 40.9 Å². The van der Waals surface area contributed by atoms with Crippen LogP contribution < -0.4 is 10.6 Å². The summed E-state index contributed by atoms with van der Waals surface area (Å²) in [4.78, 5) is 23.2. The van der Waals surface area contributed by atoms with Crippen LogP contribution in [-0.4, -0.2) is 29.4 Å². The monoisotopic (exact) mass is 284 g/mol. The third kappa shape index (κ3) is 2.97. The first-order chi connectivity index (χ1) is 8.58. The summed E-state index contributed by atoms with van der Waals surface area (Å²) < 4.78 is 0. The predicted molar refractivity (Wildman–Crippen MR) is 74.1 cm³/mol. The first kappa shape index (κ1) is 13.2. The Kier molecular flexibility index (Phi) is 4.14. The van der Waals surface area contributed by atoms with Crippen LogP contribution in [0.1, 0.15) is 5.56 Å². The molecule has 0 aromatic heterocycles. The molecule has 0 aliphatic carbocycles. The topological polar surface area (TPSA) is 58.2 Å². The Morgan fingerprint density at radius 3 is 3.06 bits per heavy atom. The number of rotatable bonds is 2. The van der Waals surface area contributed by atoms with Crippen LogP contribution in [0.25, 0.3) is 0 Å². The Morgan fingerprint density at radius 2 is 2.33 bits per heavy atom. The molecule has 1 heterocycles. The molecule has 1 aliphatic heterocycles. The Morgan fingerprint density at radius 1 is 1.56 bits per heavy atom. The number of nitrogens with one attached hydrogen (secondary N) is 2. The van der Waals surface area contributed by atoms with Gasteiger partial charge in [-0.25, -0.2) is 0 Å². The minimum Gasteiger partial charge on any atom is -0.343 e. The van der Waals surface area contributed by atoms with Crippen LogP contribution in [0.4, 0.5) is 5.69 Å². The summed E-state index contributed by atoms with van der Waals surface area (Å²) in [5.41, 5.74) is 1.50. The maximum Gasteiger partial charge on any atom is 0.247 e. The SMILES string of the molecule is Cc1c(Cl)cccc1NC(=O)C1CSCC(=O)N1. The van der Waals surface area contributed by atoms with Crippen LogP contribution in [0.3, 0.4) is 0 Å². The molecule has 1 fully saturated rings. The van der Waals surface area contributed by atoms with E-state index in [9.17, 15) is 9.59 Å². The Bertz CT molecular complexity index is 493. The van der Waals surface area contributed by atoms with Gasteiger partial charge in [-0.3, -0.25) is 9.59 Å².